The lowest BCUT2D eigenvalue weighted by molar-refractivity contribution is 0.481. The number of benzene rings is 2. The molecule has 11 heteroatoms. The van der Waals surface area contributed by atoms with Crippen molar-refractivity contribution in [3.8, 4) is 0 Å². The zero-order valence-corrected chi connectivity index (χ0v) is 15.3. The van der Waals surface area contributed by atoms with Gasteiger partial charge in [0.25, 0.3) is 20.2 Å². The quantitative estimate of drug-likeness (QED) is 0.223. The van der Waals surface area contributed by atoms with E-state index in [9.17, 15) is 25.9 Å². The molecule has 0 saturated carbocycles. The van der Waals surface area contributed by atoms with Crippen molar-refractivity contribution < 1.29 is 25.9 Å². The Balaban J connectivity index is 2.64. The third-order valence-corrected chi connectivity index (χ3v) is 5.21. The molecule has 8 nitrogen and oxygen atoms in total. The maximum atomic E-state index is 11.6. The number of isothiocyanates is 1. The summed E-state index contributed by atoms with van der Waals surface area (Å²) >= 11 is 4.45. The van der Waals surface area contributed by atoms with Crippen LogP contribution in [0.15, 0.2) is 51.2 Å². The molecule has 0 aromatic heterocycles. The first-order valence-corrected chi connectivity index (χ1v) is 10.1. The summed E-state index contributed by atoms with van der Waals surface area (Å²) in [7, 11) is -9.19. The number of rotatable bonds is 5. The van der Waals surface area contributed by atoms with Gasteiger partial charge >= 0.3 is 0 Å². The Bertz CT molecular complexity index is 1150. The second-order valence-corrected chi connectivity index (χ2v) is 7.91. The summed E-state index contributed by atoms with van der Waals surface area (Å²) in [6.45, 7) is 0. The zero-order chi connectivity index (χ0) is 19.5. The summed E-state index contributed by atoms with van der Waals surface area (Å²) in [6, 6.07) is 7.97. The predicted octanol–water partition coefficient (Wildman–Crippen LogP) is 2.67. The standard InChI is InChI=1S/C15H12N2O6S3/c16-13-3-1-2-11(15(13)26(21,22)23)5-4-10-6-7-12(17-9-24)8-14(10)25(18,19)20/h1-8H,16H2,(H,18,19,20)(H,21,22,23). The molecule has 0 aliphatic rings. The number of nitrogen functional groups attached to an aromatic ring is 1. The second-order valence-electron chi connectivity index (χ2n) is 4.97. The molecule has 0 aliphatic carbocycles. The van der Waals surface area contributed by atoms with E-state index >= 15 is 0 Å². The van der Waals surface area contributed by atoms with E-state index in [1.807, 2.05) is 0 Å². The fourth-order valence-electron chi connectivity index (χ4n) is 2.19. The Morgan fingerprint density at radius 1 is 1.00 bits per heavy atom. The molecule has 0 radical (unpaired) electrons. The van der Waals surface area contributed by atoms with Crippen LogP contribution in [-0.4, -0.2) is 31.1 Å². The molecule has 4 N–H and O–H groups in total. The molecule has 0 unspecified atom stereocenters. The summed E-state index contributed by atoms with van der Waals surface area (Å²) in [6.07, 6.45) is 2.49. The van der Waals surface area contributed by atoms with Crippen LogP contribution in [0.5, 0.6) is 0 Å². The summed E-state index contributed by atoms with van der Waals surface area (Å²) in [5.74, 6) is 0. The maximum absolute atomic E-state index is 11.6. The molecular weight excluding hydrogens is 400 g/mol. The van der Waals surface area contributed by atoms with E-state index in [0.717, 1.165) is 6.07 Å². The maximum Gasteiger partial charge on any atom is 0.297 e. The molecule has 0 amide bonds. The van der Waals surface area contributed by atoms with E-state index in [0.29, 0.717) is 0 Å². The molecule has 0 spiro atoms. The molecule has 2 aromatic rings. The van der Waals surface area contributed by atoms with Gasteiger partial charge in [-0.1, -0.05) is 30.4 Å². The highest BCUT2D eigenvalue weighted by Gasteiger charge is 2.18. The number of hydrogen-bond donors (Lipinski definition) is 3. The highest BCUT2D eigenvalue weighted by molar-refractivity contribution is 7.86. The average Bonchev–Trinajstić information content (AvgIpc) is 2.51. The third kappa shape index (κ3) is 4.61. The lowest BCUT2D eigenvalue weighted by atomic mass is 10.1. The van der Waals surface area contributed by atoms with Crippen LogP contribution >= 0.6 is 12.2 Å². The molecule has 0 saturated heterocycles. The Labute approximate surface area is 155 Å². The van der Waals surface area contributed by atoms with Crippen molar-refractivity contribution in [1.82, 2.24) is 0 Å². The summed E-state index contributed by atoms with van der Waals surface area (Å²) < 4.78 is 64.9. The first kappa shape index (κ1) is 19.9. The van der Waals surface area contributed by atoms with E-state index in [1.54, 1.807) is 0 Å². The van der Waals surface area contributed by atoms with Crippen molar-refractivity contribution in [3.05, 3.63) is 47.5 Å². The van der Waals surface area contributed by atoms with Crippen LogP contribution in [0.1, 0.15) is 11.1 Å². The minimum atomic E-state index is -4.60. The van der Waals surface area contributed by atoms with E-state index in [4.69, 9.17) is 5.73 Å². The lowest BCUT2D eigenvalue weighted by Crippen LogP contribution is -2.05. The Morgan fingerprint density at radius 2 is 1.65 bits per heavy atom. The monoisotopic (exact) mass is 412 g/mol. The number of hydrogen-bond acceptors (Lipinski definition) is 7. The number of anilines is 1. The average molecular weight is 412 g/mol. The van der Waals surface area contributed by atoms with Gasteiger partial charge in [0.1, 0.15) is 9.79 Å². The first-order chi connectivity index (χ1) is 12.0. The molecule has 2 rings (SSSR count). The minimum absolute atomic E-state index is 0.0368. The van der Waals surface area contributed by atoms with E-state index in [1.165, 1.54) is 42.5 Å². The second kappa shape index (κ2) is 7.46. The molecule has 2 aromatic carbocycles. The normalized spacial score (nSPS) is 12.1. The minimum Gasteiger partial charge on any atom is -0.398 e. The van der Waals surface area contributed by atoms with Gasteiger partial charge in [0, 0.05) is 0 Å². The molecule has 0 bridgehead atoms. The molecule has 0 atom stereocenters. The van der Waals surface area contributed by atoms with Crippen molar-refractivity contribution in [3.63, 3.8) is 0 Å². The van der Waals surface area contributed by atoms with Gasteiger partial charge in [-0.2, -0.15) is 21.8 Å². The van der Waals surface area contributed by atoms with Crippen molar-refractivity contribution in [2.75, 3.05) is 5.73 Å². The highest BCUT2D eigenvalue weighted by Crippen LogP contribution is 2.27. The van der Waals surface area contributed by atoms with Crippen molar-refractivity contribution in [2.24, 2.45) is 4.99 Å². The summed E-state index contributed by atoms with van der Waals surface area (Å²) in [5.41, 5.74) is 5.67. The van der Waals surface area contributed by atoms with Crippen LogP contribution in [0.25, 0.3) is 12.2 Å². The number of aliphatic imine (C=N–C) groups is 1. The van der Waals surface area contributed by atoms with Gasteiger partial charge in [0.05, 0.1) is 16.5 Å². The van der Waals surface area contributed by atoms with E-state index in [-0.39, 0.29) is 22.5 Å². The van der Waals surface area contributed by atoms with Gasteiger partial charge in [-0.25, -0.2) is 0 Å². The molecule has 0 aliphatic heterocycles. The molecule has 0 fully saturated rings. The van der Waals surface area contributed by atoms with Crippen LogP contribution in [0.2, 0.25) is 0 Å². The first-order valence-electron chi connectivity index (χ1n) is 6.77. The molecule has 0 heterocycles. The van der Waals surface area contributed by atoms with Crippen LogP contribution in [-0.2, 0) is 20.2 Å². The predicted molar refractivity (Wildman–Crippen MR) is 101 cm³/mol. The number of thiocarbonyl (C=S) groups is 1. The van der Waals surface area contributed by atoms with Crippen LogP contribution in [0.4, 0.5) is 11.4 Å². The van der Waals surface area contributed by atoms with Crippen LogP contribution < -0.4 is 5.73 Å². The SMILES string of the molecule is Nc1cccc(C=Cc2ccc(N=C=S)cc2S(=O)(=O)O)c1S(=O)(=O)O. The fraction of sp³-hybridized carbons (Fsp3) is 0. The highest BCUT2D eigenvalue weighted by atomic mass is 32.2. The Kier molecular flexibility index (Phi) is 5.71. The van der Waals surface area contributed by atoms with Gasteiger partial charge in [-0.3, -0.25) is 9.11 Å². The van der Waals surface area contributed by atoms with E-state index < -0.39 is 30.0 Å². The summed E-state index contributed by atoms with van der Waals surface area (Å²) in [5, 5.41) is 2.08. The fourth-order valence-corrected chi connectivity index (χ4v) is 3.80. The third-order valence-electron chi connectivity index (χ3n) is 3.23. The van der Waals surface area contributed by atoms with Gasteiger partial charge in [0.15, 0.2) is 0 Å². The summed E-state index contributed by atoms with van der Waals surface area (Å²) in [4.78, 5) is 2.67. The lowest BCUT2D eigenvalue weighted by Gasteiger charge is -2.07. The van der Waals surface area contributed by atoms with Gasteiger partial charge in [-0.05, 0) is 41.5 Å². The zero-order valence-electron chi connectivity index (χ0n) is 12.9. The van der Waals surface area contributed by atoms with Crippen molar-refractivity contribution in [2.45, 2.75) is 9.79 Å². The van der Waals surface area contributed by atoms with Gasteiger partial charge < -0.3 is 5.73 Å². The van der Waals surface area contributed by atoms with Crippen LogP contribution in [0.3, 0.4) is 0 Å². The number of nitrogens with two attached hydrogens (primary N) is 1. The number of nitrogens with zero attached hydrogens (tertiary/aromatic N) is 1. The smallest absolute Gasteiger partial charge is 0.297 e. The molecule has 136 valence electrons. The topological polar surface area (TPSA) is 147 Å². The molecular formula is C15H12N2O6S3. The van der Waals surface area contributed by atoms with Crippen molar-refractivity contribution in [1.29, 1.82) is 0 Å². The van der Waals surface area contributed by atoms with Gasteiger partial charge in [-0.15, -0.1) is 0 Å². The van der Waals surface area contributed by atoms with Gasteiger partial charge in [0.2, 0.25) is 0 Å². The van der Waals surface area contributed by atoms with Crippen molar-refractivity contribution >= 4 is 61.1 Å². The van der Waals surface area contributed by atoms with Crippen LogP contribution in [0, 0.1) is 0 Å². The largest absolute Gasteiger partial charge is 0.398 e. The Morgan fingerprint density at radius 3 is 2.23 bits per heavy atom. The molecule has 26 heavy (non-hydrogen) atoms. The van der Waals surface area contributed by atoms with E-state index in [2.05, 4.69) is 22.4 Å². The Hall–Kier alpha value is -2.40.